The Balaban J connectivity index is 2.41. The summed E-state index contributed by atoms with van der Waals surface area (Å²) in [5.41, 5.74) is 0.591. The Hall–Kier alpha value is -1.13. The minimum atomic E-state index is -0.261. The van der Waals surface area contributed by atoms with E-state index in [1.54, 1.807) is 12.1 Å². The van der Waals surface area contributed by atoms with Gasteiger partial charge in [-0.25, -0.2) is 4.39 Å². The van der Waals surface area contributed by atoms with Crippen molar-refractivity contribution in [3.8, 4) is 0 Å². The molecule has 4 heteroatoms. The van der Waals surface area contributed by atoms with Gasteiger partial charge in [0, 0.05) is 16.5 Å². The molecule has 0 amide bonds. The molecule has 0 aliphatic carbocycles. The van der Waals surface area contributed by atoms with Gasteiger partial charge < -0.3 is 9.73 Å². The topological polar surface area (TPSA) is 25.2 Å². The van der Waals surface area contributed by atoms with E-state index in [-0.39, 0.29) is 11.9 Å². The lowest BCUT2D eigenvalue weighted by atomic mass is 10.0. The van der Waals surface area contributed by atoms with Gasteiger partial charge >= 0.3 is 0 Å². The summed E-state index contributed by atoms with van der Waals surface area (Å²) in [7, 11) is 0. The third kappa shape index (κ3) is 3.25. The molecule has 1 heterocycles. The summed E-state index contributed by atoms with van der Waals surface area (Å²) in [6, 6.07) is 8.54. The van der Waals surface area contributed by atoms with Crippen molar-refractivity contribution in [3.05, 3.63) is 57.7 Å². The van der Waals surface area contributed by atoms with E-state index >= 15 is 0 Å². The van der Waals surface area contributed by atoms with Gasteiger partial charge in [0.25, 0.3) is 0 Å². The molecule has 2 aromatic rings. The Morgan fingerprint density at radius 1 is 1.26 bits per heavy atom. The highest BCUT2D eigenvalue weighted by atomic mass is 79.9. The van der Waals surface area contributed by atoms with Crippen LogP contribution in [0.3, 0.4) is 0 Å². The van der Waals surface area contributed by atoms with Crippen molar-refractivity contribution in [2.45, 2.75) is 26.3 Å². The number of furan rings is 1. The second-order valence-electron chi connectivity index (χ2n) is 4.31. The Bertz CT molecular complexity index is 553. The van der Waals surface area contributed by atoms with Gasteiger partial charge in [-0.1, -0.05) is 29.8 Å². The van der Waals surface area contributed by atoms with Crippen molar-refractivity contribution in [2.24, 2.45) is 0 Å². The zero-order chi connectivity index (χ0) is 13.8. The average molecular weight is 326 g/mol. The van der Waals surface area contributed by atoms with Crippen molar-refractivity contribution >= 4 is 15.9 Å². The first-order valence-electron chi connectivity index (χ1n) is 6.42. The quantitative estimate of drug-likeness (QED) is 0.879. The molecule has 102 valence electrons. The molecule has 0 saturated heterocycles. The summed E-state index contributed by atoms with van der Waals surface area (Å²) in [5, 5.41) is 3.27. The molecule has 1 N–H and O–H groups in total. The monoisotopic (exact) mass is 325 g/mol. The fourth-order valence-electron chi connectivity index (χ4n) is 2.04. The van der Waals surface area contributed by atoms with Gasteiger partial charge in [-0.05, 0) is 36.9 Å². The van der Waals surface area contributed by atoms with Crippen molar-refractivity contribution in [1.82, 2.24) is 5.32 Å². The summed E-state index contributed by atoms with van der Waals surface area (Å²) in [5.74, 6) is 1.42. The van der Waals surface area contributed by atoms with Crippen LogP contribution in [0, 0.1) is 5.82 Å². The van der Waals surface area contributed by atoms with Crippen LogP contribution in [0.2, 0.25) is 0 Å². The Kier molecular flexibility index (Phi) is 4.77. The summed E-state index contributed by atoms with van der Waals surface area (Å²) in [6.07, 6.45) is 0.833. The number of rotatable bonds is 5. The third-order valence-corrected chi connectivity index (χ3v) is 3.49. The van der Waals surface area contributed by atoms with E-state index in [1.165, 1.54) is 6.07 Å². The SMILES string of the molecule is CCNC(c1ccc(CC)o1)c1cc(Br)ccc1F. The van der Waals surface area contributed by atoms with Crippen LogP contribution in [0.5, 0.6) is 0 Å². The zero-order valence-electron chi connectivity index (χ0n) is 11.0. The highest BCUT2D eigenvalue weighted by molar-refractivity contribution is 9.10. The molecule has 0 saturated carbocycles. The first kappa shape index (κ1) is 14.3. The maximum atomic E-state index is 14.0. The molecule has 1 aromatic heterocycles. The van der Waals surface area contributed by atoms with Gasteiger partial charge in [-0.3, -0.25) is 0 Å². The minimum Gasteiger partial charge on any atom is -0.464 e. The molecule has 1 atom stereocenters. The van der Waals surface area contributed by atoms with Crippen LogP contribution in [0.4, 0.5) is 4.39 Å². The highest BCUT2D eigenvalue weighted by Gasteiger charge is 2.20. The lowest BCUT2D eigenvalue weighted by Crippen LogP contribution is -2.22. The average Bonchev–Trinajstić information content (AvgIpc) is 2.88. The van der Waals surface area contributed by atoms with E-state index in [0.29, 0.717) is 5.56 Å². The Labute approximate surface area is 121 Å². The molecule has 2 rings (SSSR count). The zero-order valence-corrected chi connectivity index (χ0v) is 12.6. The van der Waals surface area contributed by atoms with Crippen LogP contribution >= 0.6 is 15.9 Å². The maximum Gasteiger partial charge on any atom is 0.128 e. The van der Waals surface area contributed by atoms with Crippen LogP contribution in [-0.4, -0.2) is 6.54 Å². The fraction of sp³-hybridized carbons (Fsp3) is 0.333. The van der Waals surface area contributed by atoms with Crippen LogP contribution in [-0.2, 0) is 6.42 Å². The second-order valence-corrected chi connectivity index (χ2v) is 5.23. The van der Waals surface area contributed by atoms with Crippen molar-refractivity contribution in [3.63, 3.8) is 0 Å². The molecule has 0 spiro atoms. The number of halogens is 2. The lowest BCUT2D eigenvalue weighted by molar-refractivity contribution is 0.418. The molecule has 0 radical (unpaired) electrons. The first-order valence-corrected chi connectivity index (χ1v) is 7.22. The van der Waals surface area contributed by atoms with E-state index in [9.17, 15) is 4.39 Å². The predicted octanol–water partition coefficient (Wildman–Crippen LogP) is 4.44. The summed E-state index contributed by atoms with van der Waals surface area (Å²) in [6.45, 7) is 4.76. The van der Waals surface area contributed by atoms with Gasteiger partial charge in [-0.15, -0.1) is 0 Å². The van der Waals surface area contributed by atoms with E-state index in [0.717, 1.165) is 29.0 Å². The normalized spacial score (nSPS) is 12.6. The largest absolute Gasteiger partial charge is 0.464 e. The van der Waals surface area contributed by atoms with Gasteiger partial charge in [0.15, 0.2) is 0 Å². The smallest absolute Gasteiger partial charge is 0.128 e. The molecule has 2 nitrogen and oxygen atoms in total. The van der Waals surface area contributed by atoms with Gasteiger partial charge in [0.2, 0.25) is 0 Å². The van der Waals surface area contributed by atoms with Crippen molar-refractivity contribution in [2.75, 3.05) is 6.54 Å². The molecule has 0 aliphatic rings. The number of benzene rings is 1. The van der Waals surface area contributed by atoms with Crippen molar-refractivity contribution < 1.29 is 8.81 Å². The molecular formula is C15H17BrFNO. The summed E-state index contributed by atoms with van der Waals surface area (Å²) < 4.78 is 20.6. The van der Waals surface area contributed by atoms with Crippen LogP contribution in [0.1, 0.15) is 37.0 Å². The van der Waals surface area contributed by atoms with E-state index in [1.807, 2.05) is 26.0 Å². The Morgan fingerprint density at radius 2 is 2.05 bits per heavy atom. The minimum absolute atomic E-state index is 0.233. The Morgan fingerprint density at radius 3 is 2.68 bits per heavy atom. The van der Waals surface area contributed by atoms with Gasteiger partial charge in [0.1, 0.15) is 17.3 Å². The standard InChI is InChI=1S/C15H17BrFNO/c1-3-11-6-8-14(19-11)15(18-4-2)12-9-10(16)5-7-13(12)17/h5-9,15,18H,3-4H2,1-2H3. The molecule has 1 aromatic carbocycles. The maximum absolute atomic E-state index is 14.0. The number of hydrogen-bond acceptors (Lipinski definition) is 2. The van der Waals surface area contributed by atoms with Gasteiger partial charge in [-0.2, -0.15) is 0 Å². The van der Waals surface area contributed by atoms with Crippen LogP contribution in [0.25, 0.3) is 0 Å². The molecular weight excluding hydrogens is 309 g/mol. The molecule has 0 bridgehead atoms. The van der Waals surface area contributed by atoms with E-state index in [2.05, 4.69) is 21.2 Å². The highest BCUT2D eigenvalue weighted by Crippen LogP contribution is 2.28. The molecule has 0 fully saturated rings. The van der Waals surface area contributed by atoms with Gasteiger partial charge in [0.05, 0.1) is 6.04 Å². The van der Waals surface area contributed by atoms with E-state index in [4.69, 9.17) is 4.42 Å². The third-order valence-electron chi connectivity index (χ3n) is 2.99. The van der Waals surface area contributed by atoms with Crippen LogP contribution in [0.15, 0.2) is 39.2 Å². The fourth-order valence-corrected chi connectivity index (χ4v) is 2.42. The summed E-state index contributed by atoms with van der Waals surface area (Å²) >= 11 is 3.38. The summed E-state index contributed by atoms with van der Waals surface area (Å²) in [4.78, 5) is 0. The molecule has 0 aliphatic heterocycles. The molecule has 1 unspecified atom stereocenters. The number of aryl methyl sites for hydroxylation is 1. The van der Waals surface area contributed by atoms with Crippen LogP contribution < -0.4 is 5.32 Å². The van der Waals surface area contributed by atoms with E-state index < -0.39 is 0 Å². The lowest BCUT2D eigenvalue weighted by Gasteiger charge is -2.17. The second kappa shape index (κ2) is 6.35. The number of nitrogens with one attached hydrogen (secondary N) is 1. The van der Waals surface area contributed by atoms with Crippen molar-refractivity contribution in [1.29, 1.82) is 0 Å². The number of hydrogen-bond donors (Lipinski definition) is 1. The first-order chi connectivity index (χ1) is 9.15. The molecule has 19 heavy (non-hydrogen) atoms. The predicted molar refractivity (Wildman–Crippen MR) is 77.7 cm³/mol.